The Kier molecular flexibility index (Phi) is 4.51. The minimum absolute atomic E-state index is 0.0114. The normalized spacial score (nSPS) is 9.62. The SMILES string of the molecule is CCCC(=O)Nc1ccc(OC(C)=O)cc1. The molecule has 0 saturated heterocycles. The van der Waals surface area contributed by atoms with Crippen molar-refractivity contribution in [1.82, 2.24) is 0 Å². The van der Waals surface area contributed by atoms with E-state index in [9.17, 15) is 9.59 Å². The van der Waals surface area contributed by atoms with Crippen LogP contribution in [0.5, 0.6) is 5.75 Å². The van der Waals surface area contributed by atoms with E-state index in [4.69, 9.17) is 4.74 Å². The van der Waals surface area contributed by atoms with Crippen LogP contribution in [0.3, 0.4) is 0 Å². The summed E-state index contributed by atoms with van der Waals surface area (Å²) in [4.78, 5) is 21.9. The molecule has 0 heterocycles. The topological polar surface area (TPSA) is 55.4 Å². The number of hydrogen-bond donors (Lipinski definition) is 1. The lowest BCUT2D eigenvalue weighted by Crippen LogP contribution is -2.10. The van der Waals surface area contributed by atoms with E-state index in [1.807, 2.05) is 6.92 Å². The van der Waals surface area contributed by atoms with Crippen molar-refractivity contribution in [2.45, 2.75) is 26.7 Å². The second-order valence-electron chi connectivity index (χ2n) is 3.42. The number of nitrogens with one attached hydrogen (secondary N) is 1. The standard InChI is InChI=1S/C12H15NO3/c1-3-4-12(15)13-10-5-7-11(8-6-10)16-9(2)14/h5-8H,3-4H2,1-2H3,(H,13,15). The first kappa shape index (κ1) is 12.2. The van der Waals surface area contributed by atoms with E-state index >= 15 is 0 Å². The van der Waals surface area contributed by atoms with Crippen LogP contribution in [0.25, 0.3) is 0 Å². The van der Waals surface area contributed by atoms with Gasteiger partial charge in [-0.25, -0.2) is 0 Å². The summed E-state index contributed by atoms with van der Waals surface area (Å²) in [6.45, 7) is 3.29. The van der Waals surface area contributed by atoms with Gasteiger partial charge in [-0.2, -0.15) is 0 Å². The molecule has 0 aromatic heterocycles. The molecular weight excluding hydrogens is 206 g/mol. The summed E-state index contributed by atoms with van der Waals surface area (Å²) in [5.41, 5.74) is 0.703. The number of amides is 1. The van der Waals surface area contributed by atoms with Crippen LogP contribution >= 0.6 is 0 Å². The second-order valence-corrected chi connectivity index (χ2v) is 3.42. The summed E-state index contributed by atoms with van der Waals surface area (Å²) >= 11 is 0. The molecule has 0 bridgehead atoms. The van der Waals surface area contributed by atoms with E-state index in [1.165, 1.54) is 6.92 Å². The summed E-state index contributed by atoms with van der Waals surface area (Å²) < 4.78 is 4.87. The van der Waals surface area contributed by atoms with Crippen LogP contribution in [0.2, 0.25) is 0 Å². The average Bonchev–Trinajstić information content (AvgIpc) is 2.20. The Hall–Kier alpha value is -1.84. The monoisotopic (exact) mass is 221 g/mol. The van der Waals surface area contributed by atoms with Gasteiger partial charge >= 0.3 is 5.97 Å². The molecule has 0 aliphatic rings. The van der Waals surface area contributed by atoms with Crippen molar-refractivity contribution < 1.29 is 14.3 Å². The van der Waals surface area contributed by atoms with Gasteiger partial charge in [-0.15, -0.1) is 0 Å². The highest BCUT2D eigenvalue weighted by Gasteiger charge is 2.01. The fourth-order valence-corrected chi connectivity index (χ4v) is 1.22. The Morgan fingerprint density at radius 1 is 1.25 bits per heavy atom. The Labute approximate surface area is 94.6 Å². The van der Waals surface area contributed by atoms with Crippen LogP contribution < -0.4 is 10.1 Å². The van der Waals surface area contributed by atoms with Crippen molar-refractivity contribution in [2.24, 2.45) is 0 Å². The lowest BCUT2D eigenvalue weighted by atomic mass is 10.2. The number of hydrogen-bond acceptors (Lipinski definition) is 3. The molecule has 0 spiro atoms. The van der Waals surface area contributed by atoms with Crippen LogP contribution in [0.4, 0.5) is 5.69 Å². The van der Waals surface area contributed by atoms with E-state index in [-0.39, 0.29) is 11.9 Å². The summed E-state index contributed by atoms with van der Waals surface area (Å²) in [6, 6.07) is 6.68. The molecule has 1 aromatic rings. The number of carbonyl (C=O) groups excluding carboxylic acids is 2. The molecule has 0 aliphatic carbocycles. The minimum Gasteiger partial charge on any atom is -0.427 e. The van der Waals surface area contributed by atoms with Crippen molar-refractivity contribution in [2.75, 3.05) is 5.32 Å². The minimum atomic E-state index is -0.359. The smallest absolute Gasteiger partial charge is 0.308 e. The maximum Gasteiger partial charge on any atom is 0.308 e. The maximum atomic E-state index is 11.3. The molecule has 1 rings (SSSR count). The molecule has 0 fully saturated rings. The Morgan fingerprint density at radius 3 is 2.38 bits per heavy atom. The van der Waals surface area contributed by atoms with Crippen LogP contribution in [-0.2, 0) is 9.59 Å². The number of anilines is 1. The van der Waals surface area contributed by atoms with E-state index < -0.39 is 0 Å². The number of rotatable bonds is 4. The summed E-state index contributed by atoms with van der Waals surface area (Å²) in [5.74, 6) is 0.103. The van der Waals surface area contributed by atoms with Crippen molar-refractivity contribution in [3.8, 4) is 5.75 Å². The second kappa shape index (κ2) is 5.90. The molecular formula is C12H15NO3. The lowest BCUT2D eigenvalue weighted by molar-refractivity contribution is -0.131. The van der Waals surface area contributed by atoms with E-state index in [0.29, 0.717) is 17.9 Å². The Balaban J connectivity index is 2.57. The molecule has 1 aromatic carbocycles. The van der Waals surface area contributed by atoms with E-state index in [2.05, 4.69) is 5.32 Å². The first-order chi connectivity index (χ1) is 7.61. The molecule has 4 heteroatoms. The fourth-order valence-electron chi connectivity index (χ4n) is 1.22. The number of carbonyl (C=O) groups is 2. The van der Waals surface area contributed by atoms with Gasteiger partial charge in [-0.1, -0.05) is 6.92 Å². The van der Waals surface area contributed by atoms with Gasteiger partial charge in [0.25, 0.3) is 0 Å². The first-order valence-electron chi connectivity index (χ1n) is 5.20. The third-order valence-electron chi connectivity index (χ3n) is 1.88. The first-order valence-corrected chi connectivity index (χ1v) is 5.20. The summed E-state index contributed by atoms with van der Waals surface area (Å²) in [6.07, 6.45) is 1.32. The number of benzene rings is 1. The molecule has 0 radical (unpaired) electrons. The fraction of sp³-hybridized carbons (Fsp3) is 0.333. The quantitative estimate of drug-likeness (QED) is 0.627. The predicted molar refractivity (Wildman–Crippen MR) is 61.3 cm³/mol. The van der Waals surface area contributed by atoms with Gasteiger partial charge < -0.3 is 10.1 Å². The van der Waals surface area contributed by atoms with Gasteiger partial charge in [0.15, 0.2) is 0 Å². The Bertz CT molecular complexity index is 370. The van der Waals surface area contributed by atoms with Gasteiger partial charge in [-0.05, 0) is 30.7 Å². The average molecular weight is 221 g/mol. The Morgan fingerprint density at radius 2 is 1.88 bits per heavy atom. The van der Waals surface area contributed by atoms with E-state index in [1.54, 1.807) is 24.3 Å². The highest BCUT2D eigenvalue weighted by atomic mass is 16.5. The largest absolute Gasteiger partial charge is 0.427 e. The van der Waals surface area contributed by atoms with Crippen molar-refractivity contribution in [3.63, 3.8) is 0 Å². The summed E-state index contributed by atoms with van der Waals surface area (Å²) in [7, 11) is 0. The number of esters is 1. The van der Waals surface area contributed by atoms with E-state index in [0.717, 1.165) is 6.42 Å². The van der Waals surface area contributed by atoms with Crippen molar-refractivity contribution in [1.29, 1.82) is 0 Å². The van der Waals surface area contributed by atoms with Crippen LogP contribution in [-0.4, -0.2) is 11.9 Å². The van der Waals surface area contributed by atoms with Gasteiger partial charge in [0.2, 0.25) is 5.91 Å². The van der Waals surface area contributed by atoms with Gasteiger partial charge in [0.05, 0.1) is 0 Å². The maximum absolute atomic E-state index is 11.3. The van der Waals surface area contributed by atoms with Crippen LogP contribution in [0, 0.1) is 0 Å². The molecule has 86 valence electrons. The highest BCUT2D eigenvalue weighted by molar-refractivity contribution is 5.90. The molecule has 0 unspecified atom stereocenters. The van der Waals surface area contributed by atoms with Crippen molar-refractivity contribution in [3.05, 3.63) is 24.3 Å². The zero-order chi connectivity index (χ0) is 12.0. The number of ether oxygens (including phenoxy) is 1. The molecule has 1 amide bonds. The highest BCUT2D eigenvalue weighted by Crippen LogP contribution is 2.16. The molecule has 4 nitrogen and oxygen atoms in total. The predicted octanol–water partition coefficient (Wildman–Crippen LogP) is 2.35. The van der Waals surface area contributed by atoms with Crippen molar-refractivity contribution >= 4 is 17.6 Å². The summed E-state index contributed by atoms with van der Waals surface area (Å²) in [5, 5.41) is 2.74. The van der Waals surface area contributed by atoms with Gasteiger partial charge in [-0.3, -0.25) is 9.59 Å². The van der Waals surface area contributed by atoms with Crippen LogP contribution in [0.15, 0.2) is 24.3 Å². The third-order valence-corrected chi connectivity index (χ3v) is 1.88. The molecule has 1 N–H and O–H groups in total. The van der Waals surface area contributed by atoms with Gasteiger partial charge in [0.1, 0.15) is 5.75 Å². The van der Waals surface area contributed by atoms with Crippen LogP contribution in [0.1, 0.15) is 26.7 Å². The van der Waals surface area contributed by atoms with Gasteiger partial charge in [0, 0.05) is 19.0 Å². The lowest BCUT2D eigenvalue weighted by Gasteiger charge is -2.05. The zero-order valence-electron chi connectivity index (χ0n) is 9.45. The zero-order valence-corrected chi connectivity index (χ0v) is 9.45. The molecule has 0 atom stereocenters. The molecule has 0 saturated carbocycles. The molecule has 16 heavy (non-hydrogen) atoms. The third kappa shape index (κ3) is 4.13. The molecule has 0 aliphatic heterocycles.